The van der Waals surface area contributed by atoms with E-state index in [1.807, 2.05) is 6.92 Å². The predicted octanol–water partition coefficient (Wildman–Crippen LogP) is 4.29. The van der Waals surface area contributed by atoms with Gasteiger partial charge in [0.2, 0.25) is 0 Å². The monoisotopic (exact) mass is 295 g/mol. The molecule has 0 aliphatic rings. The molecule has 2 N–H and O–H groups in total. The number of rotatable bonds is 3. The molecule has 3 nitrogen and oxygen atoms in total. The highest BCUT2D eigenvalue weighted by Crippen LogP contribution is 2.32. The van der Waals surface area contributed by atoms with E-state index < -0.39 is 0 Å². The van der Waals surface area contributed by atoms with Gasteiger partial charge in [0.25, 0.3) is 0 Å². The first-order chi connectivity index (χ1) is 9.02. The third-order valence-corrected chi connectivity index (χ3v) is 3.45. The van der Waals surface area contributed by atoms with Crippen LogP contribution in [0.1, 0.15) is 24.7 Å². The summed E-state index contributed by atoms with van der Waals surface area (Å²) in [5.41, 5.74) is 8.32. The van der Waals surface area contributed by atoms with E-state index in [0.29, 0.717) is 15.9 Å². The minimum absolute atomic E-state index is 0.490. The molecule has 1 aromatic carbocycles. The Morgan fingerprint density at radius 2 is 1.95 bits per heavy atom. The minimum Gasteiger partial charge on any atom is -0.383 e. The average molecular weight is 296 g/mol. The molecule has 0 aliphatic heterocycles. The molecular weight excluding hydrogens is 281 g/mol. The predicted molar refractivity (Wildman–Crippen MR) is 80.6 cm³/mol. The second kappa shape index (κ2) is 5.76. The van der Waals surface area contributed by atoms with Crippen LogP contribution in [0.5, 0.6) is 0 Å². The van der Waals surface area contributed by atoms with Crippen LogP contribution in [0.3, 0.4) is 0 Å². The smallest absolute Gasteiger partial charge is 0.131 e. The lowest BCUT2D eigenvalue weighted by Gasteiger charge is -2.11. The summed E-state index contributed by atoms with van der Waals surface area (Å²) < 4.78 is 0. The van der Waals surface area contributed by atoms with Gasteiger partial charge in [-0.05, 0) is 31.5 Å². The molecule has 100 valence electrons. The lowest BCUT2D eigenvalue weighted by molar-refractivity contribution is 0.836. The van der Waals surface area contributed by atoms with Crippen molar-refractivity contribution in [1.29, 1.82) is 0 Å². The molecule has 0 amide bonds. The summed E-state index contributed by atoms with van der Waals surface area (Å²) in [4.78, 5) is 8.85. The van der Waals surface area contributed by atoms with E-state index in [9.17, 15) is 0 Å². The summed E-state index contributed by atoms with van der Waals surface area (Å²) in [6.07, 6.45) is 1.75. The first-order valence-electron chi connectivity index (χ1n) is 6.11. The van der Waals surface area contributed by atoms with E-state index in [1.54, 1.807) is 18.2 Å². The number of hydrogen-bond acceptors (Lipinski definition) is 3. The van der Waals surface area contributed by atoms with Crippen LogP contribution in [0.2, 0.25) is 10.0 Å². The molecule has 1 heterocycles. The van der Waals surface area contributed by atoms with Crippen molar-refractivity contribution in [3.8, 4) is 11.3 Å². The van der Waals surface area contributed by atoms with Crippen molar-refractivity contribution in [2.24, 2.45) is 0 Å². The van der Waals surface area contributed by atoms with Crippen LogP contribution < -0.4 is 5.73 Å². The quantitative estimate of drug-likeness (QED) is 0.919. The fourth-order valence-corrected chi connectivity index (χ4v) is 2.24. The minimum atomic E-state index is 0.490. The van der Waals surface area contributed by atoms with Crippen LogP contribution in [0.15, 0.2) is 18.2 Å². The van der Waals surface area contributed by atoms with Crippen LogP contribution in [0, 0.1) is 6.92 Å². The van der Waals surface area contributed by atoms with Crippen molar-refractivity contribution in [1.82, 2.24) is 9.97 Å². The Morgan fingerprint density at radius 1 is 1.21 bits per heavy atom. The van der Waals surface area contributed by atoms with Crippen LogP contribution in [-0.2, 0) is 6.42 Å². The summed E-state index contributed by atoms with van der Waals surface area (Å²) in [5.74, 6) is 1.22. The van der Waals surface area contributed by atoms with Crippen LogP contribution >= 0.6 is 23.2 Å². The summed E-state index contributed by atoms with van der Waals surface area (Å²) in [6, 6.07) is 5.31. The summed E-state index contributed by atoms with van der Waals surface area (Å²) in [7, 11) is 0. The van der Waals surface area contributed by atoms with Gasteiger partial charge >= 0.3 is 0 Å². The molecule has 0 bridgehead atoms. The van der Waals surface area contributed by atoms with E-state index in [-0.39, 0.29) is 0 Å². The number of benzene rings is 1. The number of nitrogens with zero attached hydrogens (tertiary/aromatic N) is 2. The van der Waals surface area contributed by atoms with Crippen molar-refractivity contribution in [3.05, 3.63) is 39.6 Å². The van der Waals surface area contributed by atoms with Crippen LogP contribution in [0.4, 0.5) is 5.82 Å². The van der Waals surface area contributed by atoms with Gasteiger partial charge in [-0.3, -0.25) is 0 Å². The highest BCUT2D eigenvalue weighted by atomic mass is 35.5. The number of aryl methyl sites for hydroxylation is 1. The first-order valence-corrected chi connectivity index (χ1v) is 6.87. The summed E-state index contributed by atoms with van der Waals surface area (Å²) in [5, 5.41) is 1.22. The maximum atomic E-state index is 6.22. The Balaban J connectivity index is 2.63. The Morgan fingerprint density at radius 3 is 2.63 bits per heavy atom. The van der Waals surface area contributed by atoms with Crippen LogP contribution in [-0.4, -0.2) is 9.97 Å². The molecular formula is C14H15Cl2N3. The van der Waals surface area contributed by atoms with Crippen molar-refractivity contribution in [2.45, 2.75) is 26.7 Å². The standard InChI is InChI=1S/C14H15Cl2N3/c1-3-4-12-18-13(8(2)14(17)19-12)10-7-9(15)5-6-11(10)16/h5-7H,3-4H2,1-2H3,(H2,17,18,19). The summed E-state index contributed by atoms with van der Waals surface area (Å²) >= 11 is 12.3. The fraction of sp³-hybridized carbons (Fsp3) is 0.286. The number of hydrogen-bond donors (Lipinski definition) is 1. The normalized spacial score (nSPS) is 10.7. The zero-order chi connectivity index (χ0) is 14.0. The molecule has 0 fully saturated rings. The lowest BCUT2D eigenvalue weighted by atomic mass is 10.1. The van der Waals surface area contributed by atoms with Gasteiger partial charge < -0.3 is 5.73 Å². The summed E-state index contributed by atoms with van der Waals surface area (Å²) in [6.45, 7) is 3.96. The van der Waals surface area contributed by atoms with Gasteiger partial charge in [0.05, 0.1) is 10.7 Å². The van der Waals surface area contributed by atoms with Crippen molar-refractivity contribution >= 4 is 29.0 Å². The maximum absolute atomic E-state index is 6.22. The van der Waals surface area contributed by atoms with E-state index in [4.69, 9.17) is 28.9 Å². The number of anilines is 1. The van der Waals surface area contributed by atoms with Gasteiger partial charge in [-0.25, -0.2) is 9.97 Å². The third-order valence-electron chi connectivity index (χ3n) is 2.89. The molecule has 2 rings (SSSR count). The van der Waals surface area contributed by atoms with Gasteiger partial charge in [0.1, 0.15) is 11.6 Å². The molecule has 0 aliphatic carbocycles. The van der Waals surface area contributed by atoms with Crippen molar-refractivity contribution < 1.29 is 0 Å². The number of aromatic nitrogens is 2. The number of nitrogen functional groups attached to an aromatic ring is 1. The molecule has 19 heavy (non-hydrogen) atoms. The molecule has 0 spiro atoms. The van der Waals surface area contributed by atoms with E-state index >= 15 is 0 Å². The second-order valence-electron chi connectivity index (χ2n) is 4.37. The molecule has 0 saturated heterocycles. The van der Waals surface area contributed by atoms with Crippen LogP contribution in [0.25, 0.3) is 11.3 Å². The Labute approximate surface area is 122 Å². The van der Waals surface area contributed by atoms with Crippen molar-refractivity contribution in [2.75, 3.05) is 5.73 Å². The molecule has 0 unspecified atom stereocenters. The Bertz CT molecular complexity index is 612. The second-order valence-corrected chi connectivity index (χ2v) is 5.22. The van der Waals surface area contributed by atoms with Gasteiger partial charge in [-0.2, -0.15) is 0 Å². The van der Waals surface area contributed by atoms with E-state index in [0.717, 1.165) is 35.5 Å². The Kier molecular flexibility index (Phi) is 4.27. The molecule has 1 aromatic heterocycles. The first kappa shape index (κ1) is 14.1. The Hall–Kier alpha value is -1.32. The van der Waals surface area contributed by atoms with Crippen molar-refractivity contribution in [3.63, 3.8) is 0 Å². The molecule has 0 radical (unpaired) electrons. The molecule has 0 atom stereocenters. The maximum Gasteiger partial charge on any atom is 0.131 e. The number of nitrogens with two attached hydrogens (primary N) is 1. The zero-order valence-corrected chi connectivity index (χ0v) is 12.4. The fourth-order valence-electron chi connectivity index (χ4n) is 1.86. The zero-order valence-electron chi connectivity index (χ0n) is 10.9. The molecule has 5 heteroatoms. The van der Waals surface area contributed by atoms with E-state index in [2.05, 4.69) is 16.9 Å². The topological polar surface area (TPSA) is 51.8 Å². The molecule has 2 aromatic rings. The largest absolute Gasteiger partial charge is 0.383 e. The highest BCUT2D eigenvalue weighted by Gasteiger charge is 2.13. The van der Waals surface area contributed by atoms with Gasteiger partial charge in [0.15, 0.2) is 0 Å². The lowest BCUT2D eigenvalue weighted by Crippen LogP contribution is -2.05. The average Bonchev–Trinajstić information content (AvgIpc) is 2.37. The number of halogens is 2. The van der Waals surface area contributed by atoms with Gasteiger partial charge in [-0.1, -0.05) is 30.1 Å². The molecule has 0 saturated carbocycles. The van der Waals surface area contributed by atoms with E-state index in [1.165, 1.54) is 0 Å². The highest BCUT2D eigenvalue weighted by molar-refractivity contribution is 6.35. The SMILES string of the molecule is CCCc1nc(N)c(C)c(-c2cc(Cl)ccc2Cl)n1. The third kappa shape index (κ3) is 2.99. The van der Waals surface area contributed by atoms with Gasteiger partial charge in [0, 0.05) is 22.6 Å². The van der Waals surface area contributed by atoms with Gasteiger partial charge in [-0.15, -0.1) is 0 Å².